The number of amidine groups is 1. The van der Waals surface area contributed by atoms with E-state index < -0.39 is 0 Å². The Bertz CT molecular complexity index is 528. The summed E-state index contributed by atoms with van der Waals surface area (Å²) in [5, 5.41) is 4.52. The molecule has 108 valence electrons. The number of aryl methyl sites for hydroxylation is 1. The van der Waals surface area contributed by atoms with E-state index in [2.05, 4.69) is 56.2 Å². The highest BCUT2D eigenvalue weighted by Gasteiger charge is 2.36. The van der Waals surface area contributed by atoms with Gasteiger partial charge < -0.3 is 5.32 Å². The number of nitrogens with zero attached hydrogens (tertiary/aromatic N) is 1. The highest BCUT2D eigenvalue weighted by atomic mass is 79.9. The third-order valence-electron chi connectivity index (χ3n) is 4.16. The number of thioether (sulfide) groups is 1. The summed E-state index contributed by atoms with van der Waals surface area (Å²) in [5.74, 6) is 1.21. The Morgan fingerprint density at radius 3 is 2.40 bits per heavy atom. The molecule has 1 aromatic rings. The van der Waals surface area contributed by atoms with Crippen molar-refractivity contribution in [1.82, 2.24) is 0 Å². The molecule has 0 aromatic heterocycles. The Balaban J connectivity index is 1.75. The molecule has 2 aliphatic rings. The Hall–Kier alpha value is -0.000000000000000111. The van der Waals surface area contributed by atoms with E-state index in [1.54, 1.807) is 0 Å². The lowest BCUT2D eigenvalue weighted by Gasteiger charge is -2.31. The topological polar surface area (TPSA) is 24.4 Å². The molecule has 1 aromatic carbocycles. The van der Waals surface area contributed by atoms with Crippen molar-refractivity contribution in [1.29, 1.82) is 0 Å². The van der Waals surface area contributed by atoms with Gasteiger partial charge in [0.15, 0.2) is 5.17 Å². The Kier molecular flexibility index (Phi) is 4.48. The summed E-state index contributed by atoms with van der Waals surface area (Å²) in [6, 6.07) is 4.25. The third-order valence-corrected chi connectivity index (χ3v) is 6.67. The number of hydrogen-bond donors (Lipinski definition) is 1. The molecule has 1 N–H and O–H groups in total. The monoisotopic (exact) mass is 416 g/mol. The molecule has 1 aliphatic heterocycles. The zero-order valence-corrected chi connectivity index (χ0v) is 15.5. The van der Waals surface area contributed by atoms with Gasteiger partial charge in [-0.1, -0.05) is 24.6 Å². The molecule has 0 radical (unpaired) electrons. The molecular weight excluding hydrogens is 400 g/mol. The molecule has 20 heavy (non-hydrogen) atoms. The van der Waals surface area contributed by atoms with Crippen molar-refractivity contribution in [2.24, 2.45) is 10.4 Å². The van der Waals surface area contributed by atoms with Crippen LogP contribution in [0.25, 0.3) is 0 Å². The van der Waals surface area contributed by atoms with Crippen molar-refractivity contribution in [3.05, 3.63) is 26.6 Å². The van der Waals surface area contributed by atoms with Gasteiger partial charge in [0.2, 0.25) is 0 Å². The number of hydrogen-bond acceptors (Lipinski definition) is 3. The minimum atomic E-state index is 0.498. The van der Waals surface area contributed by atoms with E-state index in [1.807, 2.05) is 11.8 Å². The molecule has 0 bridgehead atoms. The van der Waals surface area contributed by atoms with Gasteiger partial charge in [-0.2, -0.15) is 0 Å². The molecule has 3 rings (SSSR count). The van der Waals surface area contributed by atoms with E-state index in [0.717, 1.165) is 26.3 Å². The van der Waals surface area contributed by atoms with Crippen LogP contribution in [-0.4, -0.2) is 17.5 Å². The van der Waals surface area contributed by atoms with Crippen molar-refractivity contribution in [3.8, 4) is 0 Å². The second-order valence-electron chi connectivity index (χ2n) is 5.85. The number of halogens is 2. The summed E-state index contributed by atoms with van der Waals surface area (Å²) in [6.45, 7) is 3.08. The maximum absolute atomic E-state index is 4.79. The van der Waals surface area contributed by atoms with Gasteiger partial charge >= 0.3 is 0 Å². The van der Waals surface area contributed by atoms with Gasteiger partial charge in [-0.25, -0.2) is 0 Å². The van der Waals surface area contributed by atoms with E-state index in [4.69, 9.17) is 4.99 Å². The first-order valence-corrected chi connectivity index (χ1v) is 9.55. The summed E-state index contributed by atoms with van der Waals surface area (Å²) < 4.78 is 2.16. The van der Waals surface area contributed by atoms with Crippen LogP contribution in [0.3, 0.4) is 0 Å². The van der Waals surface area contributed by atoms with Gasteiger partial charge in [0.05, 0.1) is 5.69 Å². The van der Waals surface area contributed by atoms with Crippen LogP contribution >= 0.6 is 43.6 Å². The van der Waals surface area contributed by atoms with E-state index in [-0.39, 0.29) is 0 Å². The third kappa shape index (κ3) is 3.09. The van der Waals surface area contributed by atoms with E-state index in [9.17, 15) is 0 Å². The molecule has 0 unspecified atom stereocenters. The molecule has 2 nitrogen and oxygen atoms in total. The van der Waals surface area contributed by atoms with Crippen LogP contribution in [0.15, 0.2) is 26.1 Å². The summed E-state index contributed by atoms with van der Waals surface area (Å²) >= 11 is 9.13. The van der Waals surface area contributed by atoms with E-state index >= 15 is 0 Å². The smallest absolute Gasteiger partial charge is 0.161 e. The standard InChI is InChI=1S/C15H18Br2N2S/c1-10-6-11(16)13(12(17)7-10)19-14-18-8-15(9-20-14)4-2-3-5-15/h6-7H,2-5,8-9H2,1H3,(H,18,19). The number of rotatable bonds is 1. The molecule has 5 heteroatoms. The first-order valence-electron chi connectivity index (χ1n) is 6.98. The second-order valence-corrected chi connectivity index (χ2v) is 8.52. The Labute approximate surface area is 141 Å². The largest absolute Gasteiger partial charge is 0.333 e. The average Bonchev–Trinajstić information content (AvgIpc) is 2.85. The van der Waals surface area contributed by atoms with Gasteiger partial charge in [0.25, 0.3) is 0 Å². The van der Waals surface area contributed by atoms with Crippen molar-refractivity contribution in [2.45, 2.75) is 32.6 Å². The zero-order valence-electron chi connectivity index (χ0n) is 11.5. The van der Waals surface area contributed by atoms with Crippen LogP contribution in [0.4, 0.5) is 5.69 Å². The first-order chi connectivity index (χ1) is 9.58. The van der Waals surface area contributed by atoms with Crippen molar-refractivity contribution < 1.29 is 0 Å². The number of benzene rings is 1. The molecule has 1 aliphatic carbocycles. The fourth-order valence-electron chi connectivity index (χ4n) is 2.98. The van der Waals surface area contributed by atoms with Gasteiger partial charge in [-0.3, -0.25) is 4.99 Å². The molecule has 1 saturated carbocycles. The fourth-order valence-corrected chi connectivity index (χ4v) is 5.75. The molecule has 1 spiro atoms. The lowest BCUT2D eigenvalue weighted by molar-refractivity contribution is 0.359. The lowest BCUT2D eigenvalue weighted by atomic mass is 9.89. The van der Waals surface area contributed by atoms with Crippen LogP contribution < -0.4 is 5.32 Å². The quantitative estimate of drug-likeness (QED) is 0.643. The second kappa shape index (κ2) is 6.01. The molecular formula is C15H18Br2N2S. The summed E-state index contributed by atoms with van der Waals surface area (Å²) in [7, 11) is 0. The summed E-state index contributed by atoms with van der Waals surface area (Å²) in [4.78, 5) is 4.79. The van der Waals surface area contributed by atoms with Crippen molar-refractivity contribution in [3.63, 3.8) is 0 Å². The van der Waals surface area contributed by atoms with Gasteiger partial charge in [-0.05, 0) is 74.7 Å². The van der Waals surface area contributed by atoms with Crippen LogP contribution in [0.2, 0.25) is 0 Å². The minimum Gasteiger partial charge on any atom is -0.333 e. The SMILES string of the molecule is Cc1cc(Br)c(NC2=NCC3(CCCC3)CS2)c(Br)c1. The van der Waals surface area contributed by atoms with Gasteiger partial charge in [0.1, 0.15) is 0 Å². The normalized spacial score (nSPS) is 21.1. The molecule has 0 atom stereocenters. The predicted molar refractivity (Wildman–Crippen MR) is 95.9 cm³/mol. The summed E-state index contributed by atoms with van der Waals surface area (Å²) in [5.41, 5.74) is 2.80. The van der Waals surface area contributed by atoms with Crippen molar-refractivity contribution >= 4 is 54.5 Å². The predicted octanol–water partition coefficient (Wildman–Crippen LogP) is 5.60. The average molecular weight is 418 g/mol. The Morgan fingerprint density at radius 2 is 1.85 bits per heavy atom. The maximum Gasteiger partial charge on any atom is 0.161 e. The van der Waals surface area contributed by atoms with E-state index in [1.165, 1.54) is 37.0 Å². The minimum absolute atomic E-state index is 0.498. The first kappa shape index (κ1) is 14.9. The highest BCUT2D eigenvalue weighted by Crippen LogP contribution is 2.44. The van der Waals surface area contributed by atoms with Gasteiger partial charge in [0, 0.05) is 21.2 Å². The summed E-state index contributed by atoms with van der Waals surface area (Å²) in [6.07, 6.45) is 5.48. The number of aliphatic imine (C=N–C) groups is 1. The van der Waals surface area contributed by atoms with Crippen molar-refractivity contribution in [2.75, 3.05) is 17.6 Å². The fraction of sp³-hybridized carbons (Fsp3) is 0.533. The van der Waals surface area contributed by atoms with E-state index in [0.29, 0.717) is 5.41 Å². The van der Waals surface area contributed by atoms with Crippen LogP contribution in [0.5, 0.6) is 0 Å². The van der Waals surface area contributed by atoms with Crippen LogP contribution in [0, 0.1) is 12.3 Å². The Morgan fingerprint density at radius 1 is 1.20 bits per heavy atom. The highest BCUT2D eigenvalue weighted by molar-refractivity contribution is 9.11. The molecule has 0 amide bonds. The molecule has 1 heterocycles. The maximum atomic E-state index is 4.79. The lowest BCUT2D eigenvalue weighted by Crippen LogP contribution is -2.30. The van der Waals surface area contributed by atoms with Crippen LogP contribution in [0.1, 0.15) is 31.2 Å². The number of nitrogens with one attached hydrogen (secondary N) is 1. The number of anilines is 1. The van der Waals surface area contributed by atoms with Gasteiger partial charge in [-0.15, -0.1) is 0 Å². The zero-order chi connectivity index (χ0) is 14.2. The molecule has 0 saturated heterocycles. The molecule has 1 fully saturated rings. The van der Waals surface area contributed by atoms with Crippen LogP contribution in [-0.2, 0) is 0 Å².